The lowest BCUT2D eigenvalue weighted by atomic mass is 9.84. The molecule has 2 saturated carbocycles. The van der Waals surface area contributed by atoms with Crippen molar-refractivity contribution in [1.82, 2.24) is 5.32 Å². The molecule has 1 aromatic carbocycles. The summed E-state index contributed by atoms with van der Waals surface area (Å²) in [6.07, 6.45) is 3.47. The van der Waals surface area contributed by atoms with Crippen LogP contribution < -0.4 is 5.32 Å². The number of hydrogen-bond acceptors (Lipinski definition) is 3. The van der Waals surface area contributed by atoms with Gasteiger partial charge in [0, 0.05) is 12.6 Å². The standard InChI is InChI=1S/C17H22FNO2/c1-2-21-17(20)15-12-5-6-13(9-12)16(15)19-10-11-3-7-14(18)8-4-11/h3-4,7-8,12-13,15-16,19H,2,5-6,9-10H2,1H3/t12-,13+,15+,16?/m0/s1. The molecule has 0 aromatic heterocycles. The fourth-order valence-corrected chi connectivity index (χ4v) is 4.00. The Kier molecular flexibility index (Phi) is 4.24. The Balaban J connectivity index is 1.65. The number of esters is 1. The zero-order chi connectivity index (χ0) is 14.8. The van der Waals surface area contributed by atoms with E-state index in [4.69, 9.17) is 4.74 Å². The molecule has 2 fully saturated rings. The lowest BCUT2D eigenvalue weighted by Crippen LogP contribution is -2.44. The lowest BCUT2D eigenvalue weighted by molar-refractivity contribution is -0.150. The summed E-state index contributed by atoms with van der Waals surface area (Å²) in [4.78, 5) is 12.2. The SMILES string of the molecule is CCOC(=O)[C@H]1C(NCc2ccc(F)cc2)[C@@H]2CC[C@H]1C2. The number of hydrogen-bond donors (Lipinski definition) is 1. The fourth-order valence-electron chi connectivity index (χ4n) is 4.00. The maximum Gasteiger partial charge on any atom is 0.310 e. The summed E-state index contributed by atoms with van der Waals surface area (Å²) < 4.78 is 18.2. The molecular weight excluding hydrogens is 269 g/mol. The largest absolute Gasteiger partial charge is 0.466 e. The van der Waals surface area contributed by atoms with Crippen LogP contribution in [0.5, 0.6) is 0 Å². The Labute approximate surface area is 124 Å². The van der Waals surface area contributed by atoms with Gasteiger partial charge in [-0.1, -0.05) is 12.1 Å². The van der Waals surface area contributed by atoms with Crippen molar-refractivity contribution < 1.29 is 13.9 Å². The number of ether oxygens (including phenoxy) is 1. The van der Waals surface area contributed by atoms with Crippen LogP contribution in [0.3, 0.4) is 0 Å². The van der Waals surface area contributed by atoms with E-state index < -0.39 is 0 Å². The van der Waals surface area contributed by atoms with Crippen LogP contribution in [0.2, 0.25) is 0 Å². The summed E-state index contributed by atoms with van der Waals surface area (Å²) in [6, 6.07) is 6.72. The Morgan fingerprint density at radius 3 is 2.71 bits per heavy atom. The van der Waals surface area contributed by atoms with Crippen molar-refractivity contribution in [3.8, 4) is 0 Å². The van der Waals surface area contributed by atoms with E-state index >= 15 is 0 Å². The molecule has 3 rings (SSSR count). The van der Waals surface area contributed by atoms with Crippen LogP contribution in [0.4, 0.5) is 4.39 Å². The number of carbonyl (C=O) groups excluding carboxylic acids is 1. The molecule has 0 aliphatic heterocycles. The van der Waals surface area contributed by atoms with Gasteiger partial charge in [-0.3, -0.25) is 4.79 Å². The summed E-state index contributed by atoms with van der Waals surface area (Å²) in [5.74, 6) is 0.762. The second-order valence-corrected chi connectivity index (χ2v) is 6.14. The average Bonchev–Trinajstić information content (AvgIpc) is 3.07. The quantitative estimate of drug-likeness (QED) is 0.848. The molecule has 0 saturated heterocycles. The zero-order valence-corrected chi connectivity index (χ0v) is 12.3. The number of benzene rings is 1. The molecule has 4 atom stereocenters. The van der Waals surface area contributed by atoms with Gasteiger partial charge in [0.25, 0.3) is 0 Å². The third-order valence-electron chi connectivity index (χ3n) is 4.93. The molecule has 0 spiro atoms. The van der Waals surface area contributed by atoms with Gasteiger partial charge in [0.2, 0.25) is 0 Å². The molecule has 2 aliphatic rings. The molecule has 1 aromatic rings. The van der Waals surface area contributed by atoms with E-state index in [0.717, 1.165) is 18.4 Å². The van der Waals surface area contributed by atoms with Gasteiger partial charge in [0.1, 0.15) is 5.82 Å². The number of carbonyl (C=O) groups is 1. The van der Waals surface area contributed by atoms with E-state index in [9.17, 15) is 9.18 Å². The fraction of sp³-hybridized carbons (Fsp3) is 0.588. The van der Waals surface area contributed by atoms with Crippen LogP contribution in [0.25, 0.3) is 0 Å². The van der Waals surface area contributed by atoms with Gasteiger partial charge in [0.15, 0.2) is 0 Å². The molecule has 4 heteroatoms. The molecule has 2 aliphatic carbocycles. The Morgan fingerprint density at radius 1 is 1.29 bits per heavy atom. The normalized spacial score (nSPS) is 30.6. The van der Waals surface area contributed by atoms with Gasteiger partial charge in [-0.05, 0) is 55.7 Å². The second kappa shape index (κ2) is 6.14. The minimum absolute atomic E-state index is 0.0100. The van der Waals surface area contributed by atoms with Crippen LogP contribution in [0, 0.1) is 23.6 Å². The molecule has 0 amide bonds. The van der Waals surface area contributed by atoms with Crippen molar-refractivity contribution in [2.45, 2.75) is 38.8 Å². The highest BCUT2D eigenvalue weighted by atomic mass is 19.1. The van der Waals surface area contributed by atoms with E-state index in [1.165, 1.54) is 18.6 Å². The van der Waals surface area contributed by atoms with Crippen molar-refractivity contribution in [3.63, 3.8) is 0 Å². The topological polar surface area (TPSA) is 38.3 Å². The number of halogens is 1. The molecular formula is C17H22FNO2. The molecule has 2 bridgehead atoms. The van der Waals surface area contributed by atoms with Crippen LogP contribution in [-0.4, -0.2) is 18.6 Å². The van der Waals surface area contributed by atoms with Crippen molar-refractivity contribution in [2.24, 2.45) is 17.8 Å². The maximum atomic E-state index is 12.9. The highest BCUT2D eigenvalue weighted by Crippen LogP contribution is 2.49. The summed E-state index contributed by atoms with van der Waals surface area (Å²) in [5, 5.41) is 3.51. The minimum atomic E-state index is -0.219. The van der Waals surface area contributed by atoms with Crippen LogP contribution in [0.1, 0.15) is 31.7 Å². The van der Waals surface area contributed by atoms with Crippen molar-refractivity contribution in [1.29, 1.82) is 0 Å². The third-order valence-corrected chi connectivity index (χ3v) is 4.93. The summed E-state index contributed by atoms with van der Waals surface area (Å²) >= 11 is 0. The second-order valence-electron chi connectivity index (χ2n) is 6.14. The van der Waals surface area contributed by atoms with Crippen LogP contribution in [0.15, 0.2) is 24.3 Å². The van der Waals surface area contributed by atoms with Gasteiger partial charge in [0.05, 0.1) is 12.5 Å². The maximum absolute atomic E-state index is 12.9. The summed E-state index contributed by atoms with van der Waals surface area (Å²) in [5.41, 5.74) is 1.04. The molecule has 0 radical (unpaired) electrons. The predicted octanol–water partition coefficient (Wildman–Crippen LogP) is 2.89. The van der Waals surface area contributed by atoms with E-state index in [1.54, 1.807) is 12.1 Å². The van der Waals surface area contributed by atoms with Crippen LogP contribution >= 0.6 is 0 Å². The summed E-state index contributed by atoms with van der Waals surface area (Å²) in [7, 11) is 0. The zero-order valence-electron chi connectivity index (χ0n) is 12.3. The van der Waals surface area contributed by atoms with Gasteiger partial charge < -0.3 is 10.1 Å². The smallest absolute Gasteiger partial charge is 0.310 e. The molecule has 114 valence electrons. The van der Waals surface area contributed by atoms with Gasteiger partial charge in [-0.15, -0.1) is 0 Å². The first-order chi connectivity index (χ1) is 10.2. The molecule has 1 unspecified atom stereocenters. The Hall–Kier alpha value is -1.42. The number of fused-ring (bicyclic) bond motifs is 2. The first-order valence-electron chi connectivity index (χ1n) is 7.83. The highest BCUT2D eigenvalue weighted by Gasteiger charge is 2.51. The average molecular weight is 291 g/mol. The lowest BCUT2D eigenvalue weighted by Gasteiger charge is -2.30. The minimum Gasteiger partial charge on any atom is -0.466 e. The Morgan fingerprint density at radius 2 is 2.00 bits per heavy atom. The van der Waals surface area contributed by atoms with Crippen molar-refractivity contribution in [2.75, 3.05) is 6.61 Å². The van der Waals surface area contributed by atoms with E-state index in [2.05, 4.69) is 5.32 Å². The van der Waals surface area contributed by atoms with E-state index in [1.807, 2.05) is 6.92 Å². The third kappa shape index (κ3) is 2.95. The summed E-state index contributed by atoms with van der Waals surface area (Å²) in [6.45, 7) is 2.97. The number of rotatable bonds is 5. The van der Waals surface area contributed by atoms with Crippen LogP contribution in [-0.2, 0) is 16.1 Å². The van der Waals surface area contributed by atoms with Gasteiger partial charge in [-0.25, -0.2) is 4.39 Å². The first kappa shape index (κ1) is 14.5. The molecule has 1 N–H and O–H groups in total. The van der Waals surface area contributed by atoms with Crippen molar-refractivity contribution in [3.05, 3.63) is 35.6 Å². The molecule has 0 heterocycles. The van der Waals surface area contributed by atoms with Gasteiger partial charge in [-0.2, -0.15) is 0 Å². The van der Waals surface area contributed by atoms with Gasteiger partial charge >= 0.3 is 5.97 Å². The number of nitrogens with one attached hydrogen (secondary N) is 1. The monoisotopic (exact) mass is 291 g/mol. The Bertz CT molecular complexity index is 502. The first-order valence-corrected chi connectivity index (χ1v) is 7.83. The van der Waals surface area contributed by atoms with E-state index in [-0.39, 0.29) is 23.7 Å². The van der Waals surface area contributed by atoms with E-state index in [0.29, 0.717) is 25.0 Å². The predicted molar refractivity (Wildman–Crippen MR) is 78.0 cm³/mol. The van der Waals surface area contributed by atoms with Crippen molar-refractivity contribution >= 4 is 5.97 Å². The highest BCUT2D eigenvalue weighted by molar-refractivity contribution is 5.74. The molecule has 21 heavy (non-hydrogen) atoms. The molecule has 3 nitrogen and oxygen atoms in total.